The summed E-state index contributed by atoms with van der Waals surface area (Å²) in [6.07, 6.45) is 0. The van der Waals surface area contributed by atoms with E-state index in [1.54, 1.807) is 10.3 Å². The van der Waals surface area contributed by atoms with Crippen LogP contribution in [-0.4, -0.2) is 59.3 Å². The smallest absolute Gasteiger partial charge is 0.273 e. The number of amides is 2. The predicted octanol–water partition coefficient (Wildman–Crippen LogP) is 3.42. The zero-order valence-corrected chi connectivity index (χ0v) is 17.6. The number of rotatable bonds is 6. The van der Waals surface area contributed by atoms with Gasteiger partial charge in [-0.1, -0.05) is 18.2 Å². The molecule has 0 bridgehead atoms. The summed E-state index contributed by atoms with van der Waals surface area (Å²) in [6.45, 7) is 2.48. The van der Waals surface area contributed by atoms with Crippen molar-refractivity contribution in [3.05, 3.63) is 71.5 Å². The van der Waals surface area contributed by atoms with Crippen LogP contribution in [0.25, 0.3) is 0 Å². The van der Waals surface area contributed by atoms with Crippen LogP contribution < -0.4 is 10.6 Å². The van der Waals surface area contributed by atoms with Gasteiger partial charge in [-0.15, -0.1) is 11.3 Å². The van der Waals surface area contributed by atoms with Gasteiger partial charge in [-0.05, 0) is 36.4 Å². The predicted molar refractivity (Wildman–Crippen MR) is 119 cm³/mol. The molecule has 0 aliphatic carbocycles. The summed E-state index contributed by atoms with van der Waals surface area (Å²) in [6, 6.07) is 15.3. The zero-order valence-electron chi connectivity index (χ0n) is 16.8. The molecule has 31 heavy (non-hydrogen) atoms. The average molecular weight is 440 g/mol. The Hall–Kier alpha value is -3.30. The first kappa shape index (κ1) is 21.0. The minimum atomic E-state index is -0.345. The molecule has 2 N–H and O–H groups in total. The third-order valence-corrected chi connectivity index (χ3v) is 5.66. The van der Waals surface area contributed by atoms with Crippen molar-refractivity contribution < 1.29 is 14.0 Å². The van der Waals surface area contributed by atoms with E-state index in [4.69, 9.17) is 0 Å². The molecule has 1 aromatic heterocycles. The van der Waals surface area contributed by atoms with Crippen LogP contribution in [0.15, 0.2) is 60.0 Å². The second-order valence-corrected chi connectivity index (χ2v) is 8.01. The molecule has 2 aromatic carbocycles. The molecule has 0 atom stereocenters. The molecule has 1 fully saturated rings. The Labute approximate surface area is 183 Å². The van der Waals surface area contributed by atoms with Gasteiger partial charge < -0.3 is 15.5 Å². The van der Waals surface area contributed by atoms with Crippen molar-refractivity contribution in [2.75, 3.05) is 43.4 Å². The van der Waals surface area contributed by atoms with E-state index in [2.05, 4.69) is 15.6 Å². The normalized spacial score (nSPS) is 14.3. The van der Waals surface area contributed by atoms with Crippen LogP contribution >= 0.6 is 11.3 Å². The first-order valence-electron chi connectivity index (χ1n) is 9.91. The number of aromatic nitrogens is 1. The summed E-state index contributed by atoms with van der Waals surface area (Å²) >= 11 is 1.39. The summed E-state index contributed by atoms with van der Waals surface area (Å²) < 4.78 is 13.0. The minimum absolute atomic E-state index is 0.104. The van der Waals surface area contributed by atoms with E-state index in [9.17, 15) is 14.0 Å². The Morgan fingerprint density at radius 1 is 0.968 bits per heavy atom. The Morgan fingerprint density at radius 2 is 1.68 bits per heavy atom. The molecule has 3 aromatic rings. The highest BCUT2D eigenvalue weighted by Gasteiger charge is 2.25. The molecular formula is C22H22FN5O2S. The first-order valence-corrected chi connectivity index (χ1v) is 10.8. The van der Waals surface area contributed by atoms with Crippen molar-refractivity contribution in [3.63, 3.8) is 0 Å². The summed E-state index contributed by atoms with van der Waals surface area (Å²) in [4.78, 5) is 33.2. The first-order chi connectivity index (χ1) is 15.1. The molecule has 1 saturated heterocycles. The lowest BCUT2D eigenvalue weighted by Gasteiger charge is -2.33. The summed E-state index contributed by atoms with van der Waals surface area (Å²) in [7, 11) is 0. The van der Waals surface area contributed by atoms with Crippen molar-refractivity contribution in [1.82, 2.24) is 14.8 Å². The SMILES string of the molecule is O=C(CN1CCN(C(=O)c2csc(Nc3ccccc3)n2)CC1)Nc1ccc(F)cc1. The third kappa shape index (κ3) is 5.65. The number of para-hydroxylation sites is 1. The number of carbonyl (C=O) groups excluding carboxylic acids is 2. The molecule has 1 aliphatic heterocycles. The van der Waals surface area contributed by atoms with Crippen LogP contribution in [0.5, 0.6) is 0 Å². The maximum absolute atomic E-state index is 13.0. The molecule has 2 heterocycles. The number of benzene rings is 2. The summed E-state index contributed by atoms with van der Waals surface area (Å²) in [5.41, 5.74) is 1.90. The van der Waals surface area contributed by atoms with Gasteiger partial charge in [0.05, 0.1) is 6.54 Å². The summed E-state index contributed by atoms with van der Waals surface area (Å²) in [5, 5.41) is 8.38. The largest absolute Gasteiger partial charge is 0.335 e. The number of halogens is 1. The van der Waals surface area contributed by atoms with Gasteiger partial charge in [-0.2, -0.15) is 0 Å². The van der Waals surface area contributed by atoms with Gasteiger partial charge in [0.15, 0.2) is 5.13 Å². The Bertz CT molecular complexity index is 1030. The van der Waals surface area contributed by atoms with Crippen LogP contribution in [0.3, 0.4) is 0 Å². The molecule has 7 nitrogen and oxygen atoms in total. The van der Waals surface area contributed by atoms with Crippen LogP contribution in [0.1, 0.15) is 10.5 Å². The molecular weight excluding hydrogens is 417 g/mol. The quantitative estimate of drug-likeness (QED) is 0.616. The van der Waals surface area contributed by atoms with Crippen molar-refractivity contribution in [2.45, 2.75) is 0 Å². The number of hydrogen-bond acceptors (Lipinski definition) is 6. The van der Waals surface area contributed by atoms with Crippen LogP contribution in [-0.2, 0) is 4.79 Å². The maximum atomic E-state index is 13.0. The van der Waals surface area contributed by atoms with Gasteiger partial charge in [0.1, 0.15) is 11.5 Å². The lowest BCUT2D eigenvalue weighted by Crippen LogP contribution is -2.50. The fraction of sp³-hybridized carbons (Fsp3) is 0.227. The number of thiazole rings is 1. The van der Waals surface area contributed by atoms with Crippen molar-refractivity contribution >= 4 is 39.7 Å². The maximum Gasteiger partial charge on any atom is 0.273 e. The molecule has 4 rings (SSSR count). The standard InChI is InChI=1S/C22H22FN5O2S/c23-16-6-8-18(9-7-16)24-20(29)14-27-10-12-28(13-11-27)21(30)19-15-31-22(26-19)25-17-4-2-1-3-5-17/h1-9,15H,10-14H2,(H,24,29)(H,25,26). The van der Waals surface area contributed by atoms with E-state index in [1.165, 1.54) is 35.6 Å². The Morgan fingerprint density at radius 3 is 2.39 bits per heavy atom. The van der Waals surface area contributed by atoms with Gasteiger partial charge >= 0.3 is 0 Å². The lowest BCUT2D eigenvalue weighted by atomic mass is 10.2. The lowest BCUT2D eigenvalue weighted by molar-refractivity contribution is -0.117. The number of nitrogens with one attached hydrogen (secondary N) is 2. The van der Waals surface area contributed by atoms with Crippen LogP contribution in [0.2, 0.25) is 0 Å². The van der Waals surface area contributed by atoms with Gasteiger partial charge in [-0.25, -0.2) is 9.37 Å². The number of nitrogens with zero attached hydrogens (tertiary/aromatic N) is 3. The molecule has 0 saturated carbocycles. The van der Waals surface area contributed by atoms with Crippen molar-refractivity contribution in [1.29, 1.82) is 0 Å². The molecule has 1 aliphatic rings. The van der Waals surface area contributed by atoms with E-state index < -0.39 is 0 Å². The monoisotopic (exact) mass is 439 g/mol. The number of anilines is 3. The van der Waals surface area contributed by atoms with Crippen LogP contribution in [0.4, 0.5) is 20.9 Å². The van der Waals surface area contributed by atoms with E-state index >= 15 is 0 Å². The van der Waals surface area contributed by atoms with E-state index in [0.29, 0.717) is 42.7 Å². The Kier molecular flexibility index (Phi) is 6.54. The van der Waals surface area contributed by atoms with Gasteiger partial charge in [0, 0.05) is 42.9 Å². The van der Waals surface area contributed by atoms with Crippen molar-refractivity contribution in [2.24, 2.45) is 0 Å². The molecule has 0 spiro atoms. The molecule has 2 amide bonds. The number of carbonyl (C=O) groups is 2. The highest BCUT2D eigenvalue weighted by Crippen LogP contribution is 2.22. The van der Waals surface area contributed by atoms with Gasteiger partial charge in [0.25, 0.3) is 5.91 Å². The Balaban J connectivity index is 1.25. The highest BCUT2D eigenvalue weighted by atomic mass is 32.1. The minimum Gasteiger partial charge on any atom is -0.335 e. The fourth-order valence-corrected chi connectivity index (χ4v) is 3.99. The molecule has 0 unspecified atom stereocenters. The van der Waals surface area contributed by atoms with Gasteiger partial charge in [0.2, 0.25) is 5.91 Å². The zero-order chi connectivity index (χ0) is 21.6. The molecule has 160 valence electrons. The summed E-state index contributed by atoms with van der Waals surface area (Å²) in [5.74, 6) is -0.614. The van der Waals surface area contributed by atoms with E-state index in [1.807, 2.05) is 35.2 Å². The molecule has 9 heteroatoms. The van der Waals surface area contributed by atoms with E-state index in [-0.39, 0.29) is 24.2 Å². The highest BCUT2D eigenvalue weighted by molar-refractivity contribution is 7.14. The number of hydrogen-bond donors (Lipinski definition) is 2. The fourth-order valence-electron chi connectivity index (χ4n) is 3.28. The van der Waals surface area contributed by atoms with Crippen molar-refractivity contribution in [3.8, 4) is 0 Å². The van der Waals surface area contributed by atoms with Gasteiger partial charge in [-0.3, -0.25) is 14.5 Å². The molecule has 0 radical (unpaired) electrons. The topological polar surface area (TPSA) is 77.6 Å². The number of piperazine rings is 1. The average Bonchev–Trinajstić information content (AvgIpc) is 3.24. The second-order valence-electron chi connectivity index (χ2n) is 7.15. The van der Waals surface area contributed by atoms with E-state index in [0.717, 1.165) is 5.69 Å². The third-order valence-electron chi connectivity index (χ3n) is 4.90. The second kappa shape index (κ2) is 9.67. The van der Waals surface area contributed by atoms with Crippen LogP contribution in [0, 0.1) is 5.82 Å².